The molecule has 0 radical (unpaired) electrons. The van der Waals surface area contributed by atoms with Crippen LogP contribution < -0.4 is 10.2 Å². The van der Waals surface area contributed by atoms with Crippen molar-refractivity contribution in [3.05, 3.63) is 53.0 Å². The standard InChI is InChI=1S/C20H23ClN8O2/c1-27-17-9-15(12-4-5-12)25-29(17)8-6-14(20(27)31)24-19(30)18-23-11-28(26-18)10-16-13(21)3-2-7-22-16/h2-3,7,9,11-12,14,20,31H,4-6,8,10H2,1H3,(H,24,30)/t14-,20?/m0/s1. The van der Waals surface area contributed by atoms with Crippen molar-refractivity contribution < 1.29 is 9.90 Å². The number of carbonyl (C=O) groups excluding carboxylic acids is 1. The van der Waals surface area contributed by atoms with E-state index in [2.05, 4.69) is 25.5 Å². The van der Waals surface area contributed by atoms with Gasteiger partial charge in [-0.25, -0.2) is 14.3 Å². The smallest absolute Gasteiger partial charge is 0.291 e. The number of likely N-dealkylation sites (N-methyl/N-ethyl adjacent to an activating group) is 1. The molecule has 11 heteroatoms. The number of aliphatic hydroxyl groups is 1. The molecule has 1 unspecified atom stereocenters. The van der Waals surface area contributed by atoms with Crippen molar-refractivity contribution in [1.82, 2.24) is 34.8 Å². The number of amides is 1. The molecule has 1 aliphatic carbocycles. The molecular formula is C20H23ClN8O2. The quantitative estimate of drug-likeness (QED) is 0.613. The maximum atomic E-state index is 12.7. The number of fused-ring (bicyclic) bond motifs is 1. The van der Waals surface area contributed by atoms with Gasteiger partial charge in [0.25, 0.3) is 5.91 Å². The van der Waals surface area contributed by atoms with Gasteiger partial charge in [-0.1, -0.05) is 11.6 Å². The van der Waals surface area contributed by atoms with Crippen LogP contribution in [-0.2, 0) is 13.1 Å². The summed E-state index contributed by atoms with van der Waals surface area (Å²) < 4.78 is 3.42. The fourth-order valence-corrected chi connectivity index (χ4v) is 3.99. The second-order valence-corrected chi connectivity index (χ2v) is 8.42. The summed E-state index contributed by atoms with van der Waals surface area (Å²) >= 11 is 6.13. The Kier molecular flexibility index (Phi) is 5.11. The molecule has 0 saturated heterocycles. The summed E-state index contributed by atoms with van der Waals surface area (Å²) in [5, 5.41) is 23.2. The first-order valence-electron chi connectivity index (χ1n) is 10.3. The molecule has 1 amide bonds. The SMILES string of the molecule is CN1c2cc(C3CC3)nn2CC[C@H](NC(=O)c2ncn(Cc3ncccc3Cl)n2)C1O. The van der Waals surface area contributed by atoms with Crippen LogP contribution in [0.4, 0.5) is 5.82 Å². The lowest BCUT2D eigenvalue weighted by molar-refractivity contribution is 0.0818. The molecule has 3 aromatic heterocycles. The molecule has 1 aliphatic heterocycles. The normalized spacial score (nSPS) is 20.9. The van der Waals surface area contributed by atoms with E-state index in [-0.39, 0.29) is 5.82 Å². The number of rotatable bonds is 5. The first-order chi connectivity index (χ1) is 15.0. The van der Waals surface area contributed by atoms with Gasteiger partial charge in [-0.15, -0.1) is 5.10 Å². The molecule has 10 nitrogen and oxygen atoms in total. The lowest BCUT2D eigenvalue weighted by Crippen LogP contribution is -2.50. The second kappa shape index (κ2) is 7.93. The van der Waals surface area contributed by atoms with E-state index in [0.717, 1.165) is 11.5 Å². The van der Waals surface area contributed by atoms with Crippen LogP contribution in [0.2, 0.25) is 5.02 Å². The molecule has 0 spiro atoms. The van der Waals surface area contributed by atoms with Gasteiger partial charge in [-0.2, -0.15) is 5.10 Å². The summed E-state index contributed by atoms with van der Waals surface area (Å²) in [7, 11) is 1.81. The highest BCUT2D eigenvalue weighted by Gasteiger charge is 2.34. The van der Waals surface area contributed by atoms with E-state index >= 15 is 0 Å². The van der Waals surface area contributed by atoms with Crippen LogP contribution in [0.5, 0.6) is 0 Å². The third-order valence-corrected chi connectivity index (χ3v) is 6.09. The Morgan fingerprint density at radius 2 is 2.13 bits per heavy atom. The van der Waals surface area contributed by atoms with E-state index in [9.17, 15) is 9.90 Å². The van der Waals surface area contributed by atoms with Crippen LogP contribution in [0.3, 0.4) is 0 Å². The molecule has 2 atom stereocenters. The van der Waals surface area contributed by atoms with Crippen LogP contribution in [0.15, 0.2) is 30.7 Å². The number of aromatic nitrogens is 6. The Labute approximate surface area is 183 Å². The number of hydrogen-bond donors (Lipinski definition) is 2. The number of pyridine rings is 1. The minimum absolute atomic E-state index is 0.0277. The molecule has 0 bridgehead atoms. The molecule has 1 saturated carbocycles. The Morgan fingerprint density at radius 1 is 1.29 bits per heavy atom. The molecule has 3 aromatic rings. The molecule has 1 fully saturated rings. The minimum atomic E-state index is -0.886. The van der Waals surface area contributed by atoms with Gasteiger partial charge in [-0.05, 0) is 31.4 Å². The van der Waals surface area contributed by atoms with Crippen LogP contribution >= 0.6 is 11.6 Å². The third kappa shape index (κ3) is 4.00. The number of halogens is 1. The zero-order chi connectivity index (χ0) is 21.5. The van der Waals surface area contributed by atoms with Crippen LogP contribution in [0.25, 0.3) is 0 Å². The van der Waals surface area contributed by atoms with E-state index in [4.69, 9.17) is 11.6 Å². The van der Waals surface area contributed by atoms with Gasteiger partial charge in [0.2, 0.25) is 5.82 Å². The maximum Gasteiger partial charge on any atom is 0.291 e. The summed E-state index contributed by atoms with van der Waals surface area (Å²) in [6, 6.07) is 5.05. The Bertz CT molecular complexity index is 1110. The molecule has 31 heavy (non-hydrogen) atoms. The Morgan fingerprint density at radius 3 is 2.90 bits per heavy atom. The van der Waals surface area contributed by atoms with E-state index in [1.807, 2.05) is 17.8 Å². The van der Waals surface area contributed by atoms with Crippen molar-refractivity contribution in [3.63, 3.8) is 0 Å². The molecule has 2 N–H and O–H groups in total. The van der Waals surface area contributed by atoms with Crippen LogP contribution in [0.1, 0.15) is 47.2 Å². The summed E-state index contributed by atoms with van der Waals surface area (Å²) in [5.41, 5.74) is 1.72. The number of nitrogens with one attached hydrogen (secondary N) is 1. The number of hydrogen-bond acceptors (Lipinski definition) is 7. The first kappa shape index (κ1) is 20.0. The summed E-state index contributed by atoms with van der Waals surface area (Å²) in [5.74, 6) is 0.991. The van der Waals surface area contributed by atoms with Gasteiger partial charge in [0, 0.05) is 31.8 Å². The van der Waals surface area contributed by atoms with Gasteiger partial charge < -0.3 is 15.3 Å². The topological polar surface area (TPSA) is 114 Å². The fourth-order valence-electron chi connectivity index (χ4n) is 3.81. The van der Waals surface area contributed by atoms with Crippen molar-refractivity contribution >= 4 is 23.3 Å². The van der Waals surface area contributed by atoms with E-state index in [1.165, 1.54) is 23.9 Å². The predicted octanol–water partition coefficient (Wildman–Crippen LogP) is 1.41. The minimum Gasteiger partial charge on any atom is -0.371 e. The second-order valence-electron chi connectivity index (χ2n) is 8.02. The van der Waals surface area contributed by atoms with Gasteiger partial charge in [-0.3, -0.25) is 9.78 Å². The number of nitrogens with zero attached hydrogens (tertiary/aromatic N) is 7. The van der Waals surface area contributed by atoms with Crippen molar-refractivity contribution in [1.29, 1.82) is 0 Å². The average Bonchev–Trinajstić information content (AvgIpc) is 3.38. The predicted molar refractivity (Wildman–Crippen MR) is 113 cm³/mol. The van der Waals surface area contributed by atoms with Crippen LogP contribution in [0, 0.1) is 0 Å². The van der Waals surface area contributed by atoms with E-state index in [1.54, 1.807) is 23.2 Å². The van der Waals surface area contributed by atoms with Gasteiger partial charge in [0.15, 0.2) is 0 Å². The molecule has 0 aromatic carbocycles. The maximum absolute atomic E-state index is 12.7. The number of anilines is 1. The van der Waals surface area contributed by atoms with E-state index < -0.39 is 18.2 Å². The zero-order valence-electron chi connectivity index (χ0n) is 17.0. The average molecular weight is 443 g/mol. The molecular weight excluding hydrogens is 420 g/mol. The lowest BCUT2D eigenvalue weighted by atomic mass is 10.1. The molecule has 4 heterocycles. The first-order valence-corrected chi connectivity index (χ1v) is 10.7. The van der Waals surface area contributed by atoms with Gasteiger partial charge in [0.05, 0.1) is 29.0 Å². The van der Waals surface area contributed by atoms with Crippen molar-refractivity contribution in [2.45, 2.75) is 50.5 Å². The van der Waals surface area contributed by atoms with Crippen molar-refractivity contribution in [2.75, 3.05) is 11.9 Å². The number of aliphatic hydroxyl groups excluding tert-OH is 1. The van der Waals surface area contributed by atoms with Crippen molar-refractivity contribution in [2.24, 2.45) is 0 Å². The number of aryl methyl sites for hydroxylation is 1. The summed E-state index contributed by atoms with van der Waals surface area (Å²) in [6.07, 6.45) is 5.11. The summed E-state index contributed by atoms with van der Waals surface area (Å²) in [6.45, 7) is 0.910. The fraction of sp³-hybridized carbons (Fsp3) is 0.450. The monoisotopic (exact) mass is 442 g/mol. The highest BCUT2D eigenvalue weighted by molar-refractivity contribution is 6.31. The van der Waals surface area contributed by atoms with Gasteiger partial charge >= 0.3 is 0 Å². The molecule has 162 valence electrons. The Balaban J connectivity index is 1.25. The lowest BCUT2D eigenvalue weighted by Gasteiger charge is -2.28. The highest BCUT2D eigenvalue weighted by Crippen LogP contribution is 2.41. The molecule has 2 aliphatic rings. The van der Waals surface area contributed by atoms with Crippen molar-refractivity contribution in [3.8, 4) is 0 Å². The molecule has 5 rings (SSSR count). The third-order valence-electron chi connectivity index (χ3n) is 5.75. The summed E-state index contributed by atoms with van der Waals surface area (Å²) in [4.78, 5) is 22.8. The van der Waals surface area contributed by atoms with E-state index in [0.29, 0.717) is 36.1 Å². The van der Waals surface area contributed by atoms with Gasteiger partial charge in [0.1, 0.15) is 18.4 Å². The highest BCUT2D eigenvalue weighted by atomic mass is 35.5. The number of carbonyl (C=O) groups is 1. The Hall–Kier alpha value is -2.98. The largest absolute Gasteiger partial charge is 0.371 e. The van der Waals surface area contributed by atoms with Crippen LogP contribution in [-0.4, -0.2) is 59.9 Å². The zero-order valence-corrected chi connectivity index (χ0v) is 17.8.